The van der Waals surface area contributed by atoms with E-state index in [0.717, 1.165) is 10.9 Å². The fourth-order valence-corrected chi connectivity index (χ4v) is 3.24. The van der Waals surface area contributed by atoms with Crippen LogP contribution in [0.15, 0.2) is 48.5 Å². The number of hydrogen-bond acceptors (Lipinski definition) is 4. The van der Waals surface area contributed by atoms with E-state index in [9.17, 15) is 9.59 Å². The average Bonchev–Trinajstić information content (AvgIpc) is 2.90. The predicted molar refractivity (Wildman–Crippen MR) is 96.5 cm³/mol. The lowest BCUT2D eigenvalue weighted by molar-refractivity contribution is 0.0880. The van der Waals surface area contributed by atoms with Crippen molar-refractivity contribution < 1.29 is 14.3 Å². The SMILES string of the molecule is CNc1c2c(c3ccccc3c1Oc1cccc(C)c1)C(=O)NC2=O. The third kappa shape index (κ3) is 2.32. The molecule has 4 rings (SSSR count). The summed E-state index contributed by atoms with van der Waals surface area (Å²) < 4.78 is 6.15. The Morgan fingerprint density at radius 2 is 1.64 bits per heavy atom. The quantitative estimate of drug-likeness (QED) is 0.715. The molecule has 0 bridgehead atoms. The zero-order valence-electron chi connectivity index (χ0n) is 13.8. The van der Waals surface area contributed by atoms with Crippen molar-refractivity contribution in [2.75, 3.05) is 12.4 Å². The zero-order valence-corrected chi connectivity index (χ0v) is 13.8. The van der Waals surface area contributed by atoms with E-state index >= 15 is 0 Å². The van der Waals surface area contributed by atoms with E-state index in [2.05, 4.69) is 10.6 Å². The molecule has 0 fully saturated rings. The summed E-state index contributed by atoms with van der Waals surface area (Å²) in [6, 6.07) is 15.1. The molecule has 0 spiro atoms. The molecule has 5 nitrogen and oxygen atoms in total. The van der Waals surface area contributed by atoms with E-state index in [4.69, 9.17) is 4.74 Å². The lowest BCUT2D eigenvalue weighted by atomic mass is 9.97. The third-order valence-electron chi connectivity index (χ3n) is 4.31. The summed E-state index contributed by atoms with van der Waals surface area (Å²) in [5.74, 6) is 0.414. The summed E-state index contributed by atoms with van der Waals surface area (Å²) in [6.45, 7) is 1.98. The number of carbonyl (C=O) groups excluding carboxylic acids is 2. The van der Waals surface area contributed by atoms with Gasteiger partial charge >= 0.3 is 0 Å². The molecular formula is C20H16N2O3. The van der Waals surface area contributed by atoms with Crippen molar-refractivity contribution in [1.82, 2.24) is 5.32 Å². The van der Waals surface area contributed by atoms with Crippen LogP contribution >= 0.6 is 0 Å². The van der Waals surface area contributed by atoms with E-state index in [-0.39, 0.29) is 5.91 Å². The molecule has 124 valence electrons. The highest BCUT2D eigenvalue weighted by atomic mass is 16.5. The summed E-state index contributed by atoms with van der Waals surface area (Å²) in [7, 11) is 1.71. The molecule has 0 saturated heterocycles. The number of imide groups is 1. The molecular weight excluding hydrogens is 316 g/mol. The van der Waals surface area contributed by atoms with Gasteiger partial charge in [-0.15, -0.1) is 0 Å². The number of rotatable bonds is 3. The summed E-state index contributed by atoms with van der Waals surface area (Å²) in [5.41, 5.74) is 2.30. The van der Waals surface area contributed by atoms with E-state index in [1.165, 1.54) is 0 Å². The van der Waals surface area contributed by atoms with Crippen LogP contribution in [0.2, 0.25) is 0 Å². The normalized spacial score (nSPS) is 12.9. The first-order chi connectivity index (χ1) is 12.1. The first kappa shape index (κ1) is 15.2. The minimum absolute atomic E-state index is 0.328. The van der Waals surface area contributed by atoms with Crippen LogP contribution in [0, 0.1) is 6.92 Å². The van der Waals surface area contributed by atoms with Gasteiger partial charge in [0.2, 0.25) is 0 Å². The summed E-state index contributed by atoms with van der Waals surface area (Å²) in [5, 5.41) is 6.88. The van der Waals surface area contributed by atoms with Crippen molar-refractivity contribution in [2.24, 2.45) is 0 Å². The Balaban J connectivity index is 2.04. The number of benzene rings is 3. The number of carbonyl (C=O) groups is 2. The van der Waals surface area contributed by atoms with Gasteiger partial charge in [0.15, 0.2) is 5.75 Å². The second-order valence-corrected chi connectivity index (χ2v) is 5.95. The van der Waals surface area contributed by atoms with E-state index in [1.54, 1.807) is 7.05 Å². The van der Waals surface area contributed by atoms with Gasteiger partial charge < -0.3 is 10.1 Å². The third-order valence-corrected chi connectivity index (χ3v) is 4.31. The van der Waals surface area contributed by atoms with Gasteiger partial charge in [-0.1, -0.05) is 36.4 Å². The highest BCUT2D eigenvalue weighted by Crippen LogP contribution is 2.43. The molecule has 1 aliphatic rings. The number of hydrogen-bond donors (Lipinski definition) is 2. The van der Waals surface area contributed by atoms with Gasteiger partial charge in [-0.3, -0.25) is 14.9 Å². The number of ether oxygens (including phenoxy) is 1. The Morgan fingerprint density at radius 1 is 0.920 bits per heavy atom. The molecule has 3 aromatic carbocycles. The van der Waals surface area contributed by atoms with Gasteiger partial charge in [0, 0.05) is 12.4 Å². The highest BCUT2D eigenvalue weighted by Gasteiger charge is 2.34. The maximum absolute atomic E-state index is 12.3. The average molecular weight is 332 g/mol. The first-order valence-corrected chi connectivity index (χ1v) is 7.97. The topological polar surface area (TPSA) is 67.4 Å². The Hall–Kier alpha value is -3.34. The largest absolute Gasteiger partial charge is 0.455 e. The Bertz CT molecular complexity index is 1040. The van der Waals surface area contributed by atoms with E-state index in [1.807, 2.05) is 55.5 Å². The van der Waals surface area contributed by atoms with Crippen molar-refractivity contribution in [2.45, 2.75) is 6.92 Å². The lowest BCUT2D eigenvalue weighted by Crippen LogP contribution is -2.20. The van der Waals surface area contributed by atoms with Crippen LogP contribution in [-0.4, -0.2) is 18.9 Å². The van der Waals surface area contributed by atoms with Crippen LogP contribution in [0.1, 0.15) is 26.3 Å². The van der Waals surface area contributed by atoms with Gasteiger partial charge in [-0.25, -0.2) is 0 Å². The molecule has 0 aliphatic carbocycles. The molecule has 1 aliphatic heterocycles. The fourth-order valence-electron chi connectivity index (χ4n) is 3.24. The number of amides is 2. The number of aryl methyl sites for hydroxylation is 1. The molecule has 25 heavy (non-hydrogen) atoms. The van der Waals surface area contributed by atoms with Gasteiger partial charge in [0.1, 0.15) is 5.75 Å². The standard InChI is InChI=1S/C20H16N2O3/c1-11-6-5-7-12(10-11)25-18-14-9-4-3-8-13(14)15-16(17(18)21-2)20(24)22-19(15)23/h3-10,21H,1-2H3,(H,22,23,24). The highest BCUT2D eigenvalue weighted by molar-refractivity contribution is 6.30. The van der Waals surface area contributed by atoms with Gasteiger partial charge in [-0.2, -0.15) is 0 Å². The molecule has 3 aromatic rings. The van der Waals surface area contributed by atoms with Crippen molar-refractivity contribution in [1.29, 1.82) is 0 Å². The minimum Gasteiger partial charge on any atom is -0.455 e. The number of fused-ring (bicyclic) bond motifs is 3. The van der Waals surface area contributed by atoms with E-state index < -0.39 is 5.91 Å². The van der Waals surface area contributed by atoms with Crippen LogP contribution in [0.3, 0.4) is 0 Å². The number of anilines is 1. The molecule has 0 aromatic heterocycles. The van der Waals surface area contributed by atoms with Crippen LogP contribution in [0.4, 0.5) is 5.69 Å². The summed E-state index contributed by atoms with van der Waals surface area (Å²) >= 11 is 0. The second kappa shape index (κ2) is 5.63. The monoisotopic (exact) mass is 332 g/mol. The van der Waals surface area contributed by atoms with Crippen LogP contribution < -0.4 is 15.4 Å². The Morgan fingerprint density at radius 3 is 2.36 bits per heavy atom. The maximum atomic E-state index is 12.3. The minimum atomic E-state index is -0.413. The molecule has 0 atom stereocenters. The van der Waals surface area contributed by atoms with Gasteiger partial charge in [0.25, 0.3) is 11.8 Å². The van der Waals surface area contributed by atoms with E-state index in [0.29, 0.717) is 33.7 Å². The maximum Gasteiger partial charge on any atom is 0.261 e. The van der Waals surface area contributed by atoms with Gasteiger partial charge in [0.05, 0.1) is 16.8 Å². The first-order valence-electron chi connectivity index (χ1n) is 7.97. The van der Waals surface area contributed by atoms with Crippen LogP contribution in [0.25, 0.3) is 10.8 Å². The molecule has 0 radical (unpaired) electrons. The Kier molecular flexibility index (Phi) is 3.42. The molecule has 1 heterocycles. The summed E-state index contributed by atoms with van der Waals surface area (Å²) in [4.78, 5) is 24.6. The van der Waals surface area contributed by atoms with Crippen LogP contribution in [-0.2, 0) is 0 Å². The van der Waals surface area contributed by atoms with Crippen molar-refractivity contribution in [3.63, 3.8) is 0 Å². The second-order valence-electron chi connectivity index (χ2n) is 5.95. The molecule has 2 N–H and O–H groups in total. The molecule has 0 saturated carbocycles. The molecule has 2 amide bonds. The van der Waals surface area contributed by atoms with Crippen molar-refractivity contribution >= 4 is 28.3 Å². The van der Waals surface area contributed by atoms with Crippen LogP contribution in [0.5, 0.6) is 11.5 Å². The summed E-state index contributed by atoms with van der Waals surface area (Å²) in [6.07, 6.45) is 0. The molecule has 0 unspecified atom stereocenters. The zero-order chi connectivity index (χ0) is 17.6. The van der Waals surface area contributed by atoms with Gasteiger partial charge in [-0.05, 0) is 30.0 Å². The molecule has 5 heteroatoms. The van der Waals surface area contributed by atoms with Crippen molar-refractivity contribution in [3.05, 3.63) is 65.2 Å². The Labute approximate surface area is 144 Å². The fraction of sp³-hybridized carbons (Fsp3) is 0.100. The number of nitrogens with one attached hydrogen (secondary N) is 2. The smallest absolute Gasteiger partial charge is 0.261 e. The lowest BCUT2D eigenvalue weighted by Gasteiger charge is -2.17. The predicted octanol–water partition coefficient (Wildman–Crippen LogP) is 3.87. The van der Waals surface area contributed by atoms with Crippen molar-refractivity contribution in [3.8, 4) is 11.5 Å².